The maximum Gasteiger partial charge on any atom is 0.247 e. The van der Waals surface area contributed by atoms with Crippen molar-refractivity contribution in [1.29, 1.82) is 0 Å². The van der Waals surface area contributed by atoms with E-state index in [0.717, 1.165) is 0 Å². The van der Waals surface area contributed by atoms with Crippen molar-refractivity contribution >= 4 is 15.9 Å². The van der Waals surface area contributed by atoms with Crippen molar-refractivity contribution in [1.82, 2.24) is 9.29 Å². The molecule has 0 radical (unpaired) electrons. The lowest BCUT2D eigenvalue weighted by atomic mass is 9.94. The zero-order valence-electron chi connectivity index (χ0n) is 10.9. The van der Waals surface area contributed by atoms with Crippen LogP contribution in [0.25, 0.3) is 0 Å². The van der Waals surface area contributed by atoms with Gasteiger partial charge in [-0.2, -0.15) is 4.31 Å². The molecule has 3 N–H and O–H groups in total. The van der Waals surface area contributed by atoms with Gasteiger partial charge in [-0.1, -0.05) is 0 Å². The molecule has 20 heavy (non-hydrogen) atoms. The Hall–Kier alpha value is -1.67. The number of primary amides is 1. The van der Waals surface area contributed by atoms with Crippen molar-refractivity contribution in [3.8, 4) is 0 Å². The number of H-pyrrole nitrogens is 1. The fourth-order valence-electron chi connectivity index (χ4n) is 2.34. The van der Waals surface area contributed by atoms with Gasteiger partial charge in [0.05, 0.1) is 4.90 Å². The smallest absolute Gasteiger partial charge is 0.247 e. The quantitative estimate of drug-likeness (QED) is 0.791. The summed E-state index contributed by atoms with van der Waals surface area (Å²) >= 11 is 0. The first-order valence-corrected chi connectivity index (χ1v) is 7.81. The summed E-state index contributed by atoms with van der Waals surface area (Å²) in [7, 11) is -3.58. The van der Waals surface area contributed by atoms with Gasteiger partial charge < -0.3 is 10.7 Å². The molecule has 8 heteroatoms. The minimum absolute atomic E-state index is 0.0745. The fraction of sp³-hybridized carbons (Fsp3) is 0.500. The van der Waals surface area contributed by atoms with Crippen LogP contribution in [0, 0.1) is 5.92 Å². The average Bonchev–Trinajstić information content (AvgIpc) is 2.39. The Morgan fingerprint density at radius 2 is 2.00 bits per heavy atom. The first-order chi connectivity index (χ1) is 9.39. The van der Waals surface area contributed by atoms with E-state index >= 15 is 0 Å². The number of nitrogens with zero attached hydrogens (tertiary/aromatic N) is 1. The van der Waals surface area contributed by atoms with Crippen molar-refractivity contribution < 1.29 is 13.2 Å². The molecular formula is C12H17N3O4S. The van der Waals surface area contributed by atoms with Gasteiger partial charge in [0.1, 0.15) is 0 Å². The van der Waals surface area contributed by atoms with E-state index in [1.165, 1.54) is 22.6 Å². The third-order valence-electron chi connectivity index (χ3n) is 3.46. The molecule has 0 unspecified atom stereocenters. The van der Waals surface area contributed by atoms with Crippen molar-refractivity contribution in [3.05, 3.63) is 28.7 Å². The molecule has 0 atom stereocenters. The zero-order chi connectivity index (χ0) is 14.8. The molecule has 1 amide bonds. The van der Waals surface area contributed by atoms with Gasteiger partial charge in [0, 0.05) is 31.8 Å². The number of aromatic amines is 1. The van der Waals surface area contributed by atoms with E-state index in [2.05, 4.69) is 4.98 Å². The van der Waals surface area contributed by atoms with Gasteiger partial charge in [-0.15, -0.1) is 0 Å². The summed E-state index contributed by atoms with van der Waals surface area (Å²) in [6.07, 6.45) is 2.73. The molecule has 1 aromatic heterocycles. The lowest BCUT2D eigenvalue weighted by Gasteiger charge is -2.30. The van der Waals surface area contributed by atoms with E-state index in [1.54, 1.807) is 0 Å². The summed E-state index contributed by atoms with van der Waals surface area (Å²) in [6.45, 7) is 0.721. The number of hydrogen-bond acceptors (Lipinski definition) is 4. The molecule has 0 bridgehead atoms. The number of amides is 1. The SMILES string of the molecule is NC(=O)CC1CCN(S(=O)(=O)c2ccc(=O)[nH]c2)CC1. The number of hydrogen-bond donors (Lipinski definition) is 2. The van der Waals surface area contributed by atoms with Crippen molar-refractivity contribution in [2.75, 3.05) is 13.1 Å². The standard InChI is InChI=1S/C12H17N3O4S/c13-11(16)7-9-3-5-15(6-4-9)20(18,19)10-1-2-12(17)14-8-10/h1-2,8-9H,3-7H2,(H2,13,16)(H,14,17). The van der Waals surface area contributed by atoms with E-state index in [4.69, 9.17) is 5.73 Å². The molecule has 1 aliphatic rings. The first-order valence-electron chi connectivity index (χ1n) is 6.37. The molecule has 0 saturated carbocycles. The van der Waals surface area contributed by atoms with E-state index in [1.807, 2.05) is 0 Å². The number of pyridine rings is 1. The highest BCUT2D eigenvalue weighted by molar-refractivity contribution is 7.89. The molecule has 7 nitrogen and oxygen atoms in total. The van der Waals surface area contributed by atoms with Crippen LogP contribution in [0.2, 0.25) is 0 Å². The van der Waals surface area contributed by atoms with Crippen LogP contribution in [0.5, 0.6) is 0 Å². The number of nitrogens with one attached hydrogen (secondary N) is 1. The minimum atomic E-state index is -3.58. The van der Waals surface area contributed by atoms with Crippen LogP contribution in [0.1, 0.15) is 19.3 Å². The van der Waals surface area contributed by atoms with Crippen LogP contribution >= 0.6 is 0 Å². The lowest BCUT2D eigenvalue weighted by molar-refractivity contribution is -0.119. The van der Waals surface area contributed by atoms with Gasteiger partial charge >= 0.3 is 0 Å². The number of rotatable bonds is 4. The number of carbonyl (C=O) groups is 1. The Labute approximate surface area is 116 Å². The Bertz CT molecular complexity index is 624. The summed E-state index contributed by atoms with van der Waals surface area (Å²) in [5.74, 6) is -0.207. The van der Waals surface area contributed by atoms with Crippen LogP contribution in [0.15, 0.2) is 28.0 Å². The van der Waals surface area contributed by atoms with E-state index < -0.39 is 10.0 Å². The van der Waals surface area contributed by atoms with E-state index in [-0.39, 0.29) is 22.3 Å². The third kappa shape index (κ3) is 3.26. The molecule has 110 valence electrons. The first kappa shape index (κ1) is 14.7. The monoisotopic (exact) mass is 299 g/mol. The highest BCUT2D eigenvalue weighted by Gasteiger charge is 2.29. The normalized spacial score (nSPS) is 18.0. The molecule has 1 aromatic rings. The third-order valence-corrected chi connectivity index (χ3v) is 5.35. The molecule has 0 spiro atoms. The van der Waals surface area contributed by atoms with E-state index in [0.29, 0.717) is 32.4 Å². The fourth-order valence-corrected chi connectivity index (χ4v) is 3.78. The average molecular weight is 299 g/mol. The summed E-state index contributed by atoms with van der Waals surface area (Å²) < 4.78 is 26.1. The maximum absolute atomic E-state index is 12.3. The second-order valence-corrected chi connectivity index (χ2v) is 6.84. The summed E-state index contributed by atoms with van der Waals surface area (Å²) in [5, 5.41) is 0. The van der Waals surface area contributed by atoms with Crippen molar-refractivity contribution in [3.63, 3.8) is 0 Å². The van der Waals surface area contributed by atoms with Gasteiger partial charge in [-0.05, 0) is 24.8 Å². The van der Waals surface area contributed by atoms with Gasteiger partial charge in [-0.25, -0.2) is 8.42 Å². The molecular weight excluding hydrogens is 282 g/mol. The van der Waals surface area contributed by atoms with E-state index in [9.17, 15) is 18.0 Å². The largest absolute Gasteiger partial charge is 0.370 e. The summed E-state index contributed by atoms with van der Waals surface area (Å²) in [4.78, 5) is 24.3. The molecule has 1 aliphatic heterocycles. The highest BCUT2D eigenvalue weighted by Crippen LogP contribution is 2.24. The number of carbonyl (C=O) groups excluding carboxylic acids is 1. The molecule has 0 aromatic carbocycles. The topological polar surface area (TPSA) is 113 Å². The van der Waals surface area contributed by atoms with Crippen molar-refractivity contribution in [2.24, 2.45) is 11.7 Å². The molecule has 2 heterocycles. The number of sulfonamides is 1. The Balaban J connectivity index is 2.07. The van der Waals surface area contributed by atoms with Crippen LogP contribution in [0.4, 0.5) is 0 Å². The maximum atomic E-state index is 12.3. The number of aromatic nitrogens is 1. The Morgan fingerprint density at radius 1 is 1.35 bits per heavy atom. The van der Waals surface area contributed by atoms with Crippen LogP contribution in [-0.4, -0.2) is 36.7 Å². The van der Waals surface area contributed by atoms with Crippen LogP contribution in [0.3, 0.4) is 0 Å². The number of piperidine rings is 1. The lowest BCUT2D eigenvalue weighted by Crippen LogP contribution is -2.39. The van der Waals surface area contributed by atoms with Gasteiger partial charge in [0.2, 0.25) is 21.5 Å². The minimum Gasteiger partial charge on any atom is -0.370 e. The predicted molar refractivity (Wildman–Crippen MR) is 72.4 cm³/mol. The number of nitrogens with two attached hydrogens (primary N) is 1. The van der Waals surface area contributed by atoms with Crippen molar-refractivity contribution in [2.45, 2.75) is 24.2 Å². The van der Waals surface area contributed by atoms with Gasteiger partial charge in [-0.3, -0.25) is 9.59 Å². The Morgan fingerprint density at radius 3 is 2.50 bits per heavy atom. The molecule has 1 saturated heterocycles. The Kier molecular flexibility index (Phi) is 4.24. The zero-order valence-corrected chi connectivity index (χ0v) is 11.7. The second kappa shape index (κ2) is 5.76. The van der Waals surface area contributed by atoms with Crippen LogP contribution in [-0.2, 0) is 14.8 Å². The molecule has 2 rings (SSSR count). The summed E-state index contributed by atoms with van der Waals surface area (Å²) in [5.41, 5.74) is 4.80. The van der Waals surface area contributed by atoms with Crippen LogP contribution < -0.4 is 11.3 Å². The highest BCUT2D eigenvalue weighted by atomic mass is 32.2. The summed E-state index contributed by atoms with van der Waals surface area (Å²) in [6, 6.07) is 2.48. The molecule has 1 fully saturated rings. The second-order valence-electron chi connectivity index (χ2n) is 4.91. The van der Waals surface area contributed by atoms with Gasteiger partial charge in [0.25, 0.3) is 0 Å². The predicted octanol–water partition coefficient (Wildman–Crippen LogP) is -0.349. The molecule has 0 aliphatic carbocycles. The van der Waals surface area contributed by atoms with Gasteiger partial charge in [0.15, 0.2) is 0 Å².